The Morgan fingerprint density at radius 2 is 2.17 bits per heavy atom. The quantitative estimate of drug-likeness (QED) is 0.813. The lowest BCUT2D eigenvalue weighted by atomic mass is 10.3. The lowest BCUT2D eigenvalue weighted by molar-refractivity contribution is 0.313. The fraction of sp³-hybridized carbons (Fsp3) is 0.214. The molecule has 1 aromatic carbocycles. The van der Waals surface area contributed by atoms with Gasteiger partial charge < -0.3 is 10.1 Å². The van der Waals surface area contributed by atoms with Crippen molar-refractivity contribution in [3.63, 3.8) is 0 Å². The minimum absolute atomic E-state index is 0.612. The molecule has 94 valence electrons. The molecule has 0 amide bonds. The maximum Gasteiger partial charge on any atom is 0.120 e. The Labute approximate surface area is 112 Å². The van der Waals surface area contributed by atoms with Crippen LogP contribution in [0, 0.1) is 0 Å². The number of halogens is 1. The number of nitrogens with one attached hydrogen (secondary N) is 1. The summed E-state index contributed by atoms with van der Waals surface area (Å²) in [7, 11) is 0. The number of benzene rings is 1. The molecule has 1 N–H and O–H groups in total. The smallest absolute Gasteiger partial charge is 0.120 e. The van der Waals surface area contributed by atoms with E-state index in [0.717, 1.165) is 18.8 Å². The SMILES string of the molecule is Clc1cccc(OCCNCc2cccnc2)c1. The van der Waals surface area contributed by atoms with Gasteiger partial charge in [0.2, 0.25) is 0 Å². The van der Waals surface area contributed by atoms with Crippen LogP contribution in [0.1, 0.15) is 5.56 Å². The summed E-state index contributed by atoms with van der Waals surface area (Å²) in [6, 6.07) is 11.4. The van der Waals surface area contributed by atoms with E-state index in [9.17, 15) is 0 Å². The molecule has 0 saturated carbocycles. The highest BCUT2D eigenvalue weighted by molar-refractivity contribution is 6.30. The van der Waals surface area contributed by atoms with Crippen LogP contribution >= 0.6 is 11.6 Å². The maximum atomic E-state index is 5.86. The average Bonchev–Trinajstić information content (AvgIpc) is 2.40. The van der Waals surface area contributed by atoms with Crippen LogP contribution in [0.5, 0.6) is 5.75 Å². The van der Waals surface area contributed by atoms with Crippen LogP contribution < -0.4 is 10.1 Å². The second kappa shape index (κ2) is 6.99. The van der Waals surface area contributed by atoms with Crippen LogP contribution in [0.4, 0.5) is 0 Å². The zero-order valence-corrected chi connectivity index (χ0v) is 10.7. The van der Waals surface area contributed by atoms with Crippen LogP contribution in [0.2, 0.25) is 5.02 Å². The van der Waals surface area contributed by atoms with Gasteiger partial charge in [0.25, 0.3) is 0 Å². The highest BCUT2D eigenvalue weighted by Crippen LogP contribution is 2.16. The fourth-order valence-electron chi connectivity index (χ4n) is 1.53. The van der Waals surface area contributed by atoms with E-state index in [2.05, 4.69) is 10.3 Å². The highest BCUT2D eigenvalue weighted by Gasteiger charge is 1.95. The first-order valence-corrected chi connectivity index (χ1v) is 6.20. The van der Waals surface area contributed by atoms with Crippen molar-refractivity contribution in [2.24, 2.45) is 0 Å². The van der Waals surface area contributed by atoms with Gasteiger partial charge in [-0.1, -0.05) is 23.7 Å². The van der Waals surface area contributed by atoms with E-state index in [1.807, 2.05) is 42.6 Å². The number of hydrogen-bond donors (Lipinski definition) is 1. The van der Waals surface area contributed by atoms with Crippen LogP contribution in [-0.4, -0.2) is 18.1 Å². The number of ether oxygens (including phenoxy) is 1. The van der Waals surface area contributed by atoms with Gasteiger partial charge in [0.15, 0.2) is 0 Å². The molecular formula is C14H15ClN2O. The topological polar surface area (TPSA) is 34.1 Å². The molecule has 0 unspecified atom stereocenters. The summed E-state index contributed by atoms with van der Waals surface area (Å²) >= 11 is 5.86. The largest absolute Gasteiger partial charge is 0.492 e. The Morgan fingerprint density at radius 3 is 2.94 bits per heavy atom. The summed E-state index contributed by atoms with van der Waals surface area (Å²) in [6.07, 6.45) is 3.62. The third kappa shape index (κ3) is 4.35. The summed E-state index contributed by atoms with van der Waals surface area (Å²) in [5.74, 6) is 0.797. The van der Waals surface area contributed by atoms with E-state index >= 15 is 0 Å². The first-order chi connectivity index (χ1) is 8.84. The lowest BCUT2D eigenvalue weighted by Crippen LogP contribution is -2.20. The van der Waals surface area contributed by atoms with Gasteiger partial charge in [0, 0.05) is 30.5 Å². The molecule has 0 fully saturated rings. The van der Waals surface area contributed by atoms with Crippen molar-refractivity contribution >= 4 is 11.6 Å². The van der Waals surface area contributed by atoms with Crippen molar-refractivity contribution < 1.29 is 4.74 Å². The monoisotopic (exact) mass is 262 g/mol. The third-order valence-electron chi connectivity index (χ3n) is 2.40. The standard InChI is InChI=1S/C14H15ClN2O/c15-13-4-1-5-14(9-13)18-8-7-17-11-12-3-2-6-16-10-12/h1-6,9-10,17H,7-8,11H2. The Morgan fingerprint density at radius 1 is 1.22 bits per heavy atom. The number of hydrogen-bond acceptors (Lipinski definition) is 3. The summed E-state index contributed by atoms with van der Waals surface area (Å²) in [4.78, 5) is 4.05. The van der Waals surface area contributed by atoms with Crippen molar-refractivity contribution in [3.05, 3.63) is 59.4 Å². The normalized spacial score (nSPS) is 10.3. The van der Waals surface area contributed by atoms with E-state index in [1.54, 1.807) is 6.20 Å². The fourth-order valence-corrected chi connectivity index (χ4v) is 1.71. The van der Waals surface area contributed by atoms with E-state index in [4.69, 9.17) is 16.3 Å². The molecular weight excluding hydrogens is 248 g/mol. The van der Waals surface area contributed by atoms with Crippen LogP contribution in [0.15, 0.2) is 48.8 Å². The molecule has 0 aliphatic heterocycles. The first-order valence-electron chi connectivity index (χ1n) is 5.82. The molecule has 0 aliphatic rings. The Kier molecular flexibility index (Phi) is 5.00. The highest BCUT2D eigenvalue weighted by atomic mass is 35.5. The summed E-state index contributed by atoms with van der Waals surface area (Å²) in [6.45, 7) is 2.19. The van der Waals surface area contributed by atoms with Gasteiger partial charge in [-0.15, -0.1) is 0 Å². The van der Waals surface area contributed by atoms with Crippen molar-refractivity contribution in [3.8, 4) is 5.75 Å². The molecule has 2 rings (SSSR count). The van der Waals surface area contributed by atoms with Gasteiger partial charge in [0.05, 0.1) is 0 Å². The summed E-state index contributed by atoms with van der Waals surface area (Å²) < 4.78 is 5.56. The summed E-state index contributed by atoms with van der Waals surface area (Å²) in [5.41, 5.74) is 1.17. The van der Waals surface area contributed by atoms with Gasteiger partial charge in [-0.05, 0) is 29.8 Å². The molecule has 3 nitrogen and oxygen atoms in total. The minimum atomic E-state index is 0.612. The molecule has 1 heterocycles. The summed E-state index contributed by atoms with van der Waals surface area (Å²) in [5, 5.41) is 3.98. The average molecular weight is 263 g/mol. The molecule has 0 saturated heterocycles. The zero-order chi connectivity index (χ0) is 12.6. The molecule has 0 bridgehead atoms. The van der Waals surface area contributed by atoms with Crippen LogP contribution in [0.25, 0.3) is 0 Å². The second-order valence-electron chi connectivity index (χ2n) is 3.84. The molecule has 0 radical (unpaired) electrons. The molecule has 4 heteroatoms. The van der Waals surface area contributed by atoms with Gasteiger partial charge >= 0.3 is 0 Å². The molecule has 0 spiro atoms. The Bertz CT molecular complexity index is 476. The number of aromatic nitrogens is 1. The van der Waals surface area contributed by atoms with Crippen molar-refractivity contribution in [1.82, 2.24) is 10.3 Å². The predicted octanol–water partition coefficient (Wildman–Crippen LogP) is 2.90. The molecule has 1 aromatic heterocycles. The second-order valence-corrected chi connectivity index (χ2v) is 4.28. The number of nitrogens with zero attached hydrogens (tertiary/aromatic N) is 1. The number of pyridine rings is 1. The predicted molar refractivity (Wildman–Crippen MR) is 72.9 cm³/mol. The van der Waals surface area contributed by atoms with Gasteiger partial charge in [-0.3, -0.25) is 4.98 Å². The Balaban J connectivity index is 1.65. The first kappa shape index (κ1) is 12.9. The molecule has 0 aliphatic carbocycles. The molecule has 2 aromatic rings. The van der Waals surface area contributed by atoms with Crippen molar-refractivity contribution in [2.75, 3.05) is 13.2 Å². The van der Waals surface area contributed by atoms with E-state index < -0.39 is 0 Å². The van der Waals surface area contributed by atoms with E-state index in [-0.39, 0.29) is 0 Å². The minimum Gasteiger partial charge on any atom is -0.492 e. The van der Waals surface area contributed by atoms with Crippen LogP contribution in [0.3, 0.4) is 0 Å². The maximum absolute atomic E-state index is 5.86. The molecule has 18 heavy (non-hydrogen) atoms. The van der Waals surface area contributed by atoms with Gasteiger partial charge in [0.1, 0.15) is 12.4 Å². The number of rotatable bonds is 6. The van der Waals surface area contributed by atoms with Crippen molar-refractivity contribution in [1.29, 1.82) is 0 Å². The van der Waals surface area contributed by atoms with E-state index in [1.165, 1.54) is 5.56 Å². The molecule has 0 atom stereocenters. The lowest BCUT2D eigenvalue weighted by Gasteiger charge is -2.07. The van der Waals surface area contributed by atoms with Gasteiger partial charge in [-0.25, -0.2) is 0 Å². The van der Waals surface area contributed by atoms with Crippen LogP contribution in [-0.2, 0) is 6.54 Å². The van der Waals surface area contributed by atoms with Gasteiger partial charge in [-0.2, -0.15) is 0 Å². The van der Waals surface area contributed by atoms with E-state index in [0.29, 0.717) is 11.6 Å². The Hall–Kier alpha value is -1.58. The zero-order valence-electron chi connectivity index (χ0n) is 9.97. The van der Waals surface area contributed by atoms with Crippen molar-refractivity contribution in [2.45, 2.75) is 6.54 Å². The third-order valence-corrected chi connectivity index (χ3v) is 2.63.